The van der Waals surface area contributed by atoms with E-state index in [4.69, 9.17) is 11.6 Å². The predicted molar refractivity (Wildman–Crippen MR) is 87.4 cm³/mol. The molecular weight excluding hydrogens is 304 g/mol. The first-order valence-corrected chi connectivity index (χ1v) is 7.43. The molecule has 0 amide bonds. The Morgan fingerprint density at radius 2 is 2.14 bits per heavy atom. The van der Waals surface area contributed by atoms with Crippen LogP contribution in [-0.2, 0) is 7.05 Å². The summed E-state index contributed by atoms with van der Waals surface area (Å²) in [6.07, 6.45) is 0.848. The maximum Gasteiger partial charge on any atom is 0.271 e. The highest BCUT2D eigenvalue weighted by atomic mass is 35.5. The quantitative estimate of drug-likeness (QED) is 0.662. The maximum atomic E-state index is 10.8. The van der Waals surface area contributed by atoms with E-state index in [-0.39, 0.29) is 11.7 Å². The Labute approximate surface area is 134 Å². The summed E-state index contributed by atoms with van der Waals surface area (Å²) in [7, 11) is 1.91. The van der Waals surface area contributed by atoms with Crippen LogP contribution in [0.1, 0.15) is 36.3 Å². The summed E-state index contributed by atoms with van der Waals surface area (Å²) < 4.78 is 1.85. The highest BCUT2D eigenvalue weighted by Crippen LogP contribution is 2.32. The minimum Gasteiger partial charge on any atom is -0.377 e. The molecule has 22 heavy (non-hydrogen) atoms. The monoisotopic (exact) mass is 322 g/mol. The summed E-state index contributed by atoms with van der Waals surface area (Å²) in [5.74, 6) is 0. The third kappa shape index (κ3) is 3.06. The van der Waals surface area contributed by atoms with Gasteiger partial charge in [0.1, 0.15) is 0 Å². The van der Waals surface area contributed by atoms with Gasteiger partial charge in [-0.15, -0.1) is 0 Å². The van der Waals surface area contributed by atoms with E-state index in [1.54, 1.807) is 6.07 Å². The Kier molecular flexibility index (Phi) is 4.71. The summed E-state index contributed by atoms with van der Waals surface area (Å²) in [5, 5.41) is 18.9. The Bertz CT molecular complexity index is 712. The van der Waals surface area contributed by atoms with Crippen LogP contribution in [0.15, 0.2) is 18.2 Å². The van der Waals surface area contributed by atoms with Gasteiger partial charge in [0.15, 0.2) is 0 Å². The van der Waals surface area contributed by atoms with Crippen LogP contribution in [0.2, 0.25) is 5.02 Å². The fourth-order valence-corrected chi connectivity index (χ4v) is 2.82. The van der Waals surface area contributed by atoms with Gasteiger partial charge in [-0.1, -0.05) is 18.5 Å². The summed E-state index contributed by atoms with van der Waals surface area (Å²) in [6, 6.07) is 4.50. The van der Waals surface area contributed by atoms with Crippen molar-refractivity contribution in [3.8, 4) is 0 Å². The van der Waals surface area contributed by atoms with Crippen molar-refractivity contribution >= 4 is 23.0 Å². The number of hydrogen-bond donors (Lipinski definition) is 1. The van der Waals surface area contributed by atoms with E-state index in [1.165, 1.54) is 12.1 Å². The Hall–Kier alpha value is -2.08. The molecular formula is C15H19ClN4O2. The molecule has 0 aliphatic heterocycles. The van der Waals surface area contributed by atoms with E-state index in [9.17, 15) is 10.1 Å². The zero-order valence-corrected chi connectivity index (χ0v) is 13.8. The van der Waals surface area contributed by atoms with Gasteiger partial charge in [-0.25, -0.2) is 0 Å². The van der Waals surface area contributed by atoms with Crippen molar-refractivity contribution in [1.82, 2.24) is 9.78 Å². The number of halogens is 1. The van der Waals surface area contributed by atoms with Crippen LogP contribution in [0, 0.1) is 24.0 Å². The van der Waals surface area contributed by atoms with Crippen LogP contribution >= 0.6 is 11.6 Å². The molecule has 0 aliphatic rings. The number of nitro benzene ring substituents is 1. The molecule has 6 nitrogen and oxygen atoms in total. The van der Waals surface area contributed by atoms with Gasteiger partial charge >= 0.3 is 0 Å². The smallest absolute Gasteiger partial charge is 0.271 e. The SMILES string of the molecule is CCC(Nc1ccc([N+](=O)[O-])cc1Cl)c1c(C)nn(C)c1C. The molecule has 0 radical (unpaired) electrons. The molecule has 0 saturated heterocycles. The zero-order valence-electron chi connectivity index (χ0n) is 13.1. The average molecular weight is 323 g/mol. The van der Waals surface area contributed by atoms with Crippen LogP contribution in [0.25, 0.3) is 0 Å². The molecule has 1 N–H and O–H groups in total. The van der Waals surface area contributed by atoms with Gasteiger partial charge in [0.05, 0.1) is 27.4 Å². The number of nitrogens with one attached hydrogen (secondary N) is 1. The standard InChI is InChI=1S/C15H19ClN4O2/c1-5-13(15-9(2)18-19(4)10(15)3)17-14-7-6-11(20(21)22)8-12(14)16/h6-8,13,17H,5H2,1-4H3. The molecule has 1 atom stereocenters. The molecule has 0 bridgehead atoms. The highest BCUT2D eigenvalue weighted by molar-refractivity contribution is 6.33. The number of aryl methyl sites for hydroxylation is 2. The van der Waals surface area contributed by atoms with Crippen molar-refractivity contribution < 1.29 is 4.92 Å². The predicted octanol–water partition coefficient (Wildman–Crippen LogP) is 4.16. The van der Waals surface area contributed by atoms with Crippen molar-refractivity contribution in [2.45, 2.75) is 33.2 Å². The number of aromatic nitrogens is 2. The molecule has 0 fully saturated rings. The summed E-state index contributed by atoms with van der Waals surface area (Å²) >= 11 is 6.16. The van der Waals surface area contributed by atoms with E-state index < -0.39 is 4.92 Å². The Morgan fingerprint density at radius 1 is 1.45 bits per heavy atom. The lowest BCUT2D eigenvalue weighted by Gasteiger charge is -2.20. The molecule has 2 aromatic rings. The molecule has 0 aliphatic carbocycles. The maximum absolute atomic E-state index is 10.8. The topological polar surface area (TPSA) is 73.0 Å². The summed E-state index contributed by atoms with van der Waals surface area (Å²) in [5.41, 5.74) is 3.87. The van der Waals surface area contributed by atoms with Gasteiger partial charge in [0.2, 0.25) is 0 Å². The first-order valence-electron chi connectivity index (χ1n) is 7.05. The summed E-state index contributed by atoms with van der Waals surface area (Å²) in [6.45, 7) is 6.07. The second kappa shape index (κ2) is 6.36. The van der Waals surface area contributed by atoms with Crippen LogP contribution in [-0.4, -0.2) is 14.7 Å². The summed E-state index contributed by atoms with van der Waals surface area (Å²) in [4.78, 5) is 10.3. The first kappa shape index (κ1) is 16.3. The fraction of sp³-hybridized carbons (Fsp3) is 0.400. The molecule has 1 aromatic heterocycles. The van der Waals surface area contributed by atoms with Crippen LogP contribution < -0.4 is 5.32 Å². The van der Waals surface area contributed by atoms with Gasteiger partial charge in [-0.3, -0.25) is 14.8 Å². The number of hydrogen-bond acceptors (Lipinski definition) is 4. The number of non-ortho nitro benzene ring substituents is 1. The van der Waals surface area contributed by atoms with Crippen molar-refractivity contribution in [1.29, 1.82) is 0 Å². The number of nitrogens with zero attached hydrogens (tertiary/aromatic N) is 3. The van der Waals surface area contributed by atoms with Crippen molar-refractivity contribution in [3.05, 3.63) is 50.3 Å². The lowest BCUT2D eigenvalue weighted by molar-refractivity contribution is -0.384. The van der Waals surface area contributed by atoms with E-state index in [0.717, 1.165) is 23.4 Å². The molecule has 1 heterocycles. The second-order valence-electron chi connectivity index (χ2n) is 5.23. The molecule has 2 rings (SSSR count). The van der Waals surface area contributed by atoms with Crippen LogP contribution in [0.5, 0.6) is 0 Å². The number of rotatable bonds is 5. The molecule has 0 saturated carbocycles. The van der Waals surface area contributed by atoms with E-state index in [2.05, 4.69) is 17.3 Å². The van der Waals surface area contributed by atoms with Crippen LogP contribution in [0.3, 0.4) is 0 Å². The number of nitro groups is 1. The minimum absolute atomic E-state index is 0.0164. The molecule has 7 heteroatoms. The minimum atomic E-state index is -0.456. The van der Waals surface area contributed by atoms with Crippen molar-refractivity contribution in [2.75, 3.05) is 5.32 Å². The third-order valence-corrected chi connectivity index (χ3v) is 4.13. The average Bonchev–Trinajstić information content (AvgIpc) is 2.71. The van der Waals surface area contributed by atoms with Crippen molar-refractivity contribution in [2.24, 2.45) is 7.05 Å². The second-order valence-corrected chi connectivity index (χ2v) is 5.64. The van der Waals surface area contributed by atoms with Gasteiger partial charge < -0.3 is 5.32 Å². The van der Waals surface area contributed by atoms with Gasteiger partial charge in [-0.05, 0) is 26.3 Å². The van der Waals surface area contributed by atoms with E-state index >= 15 is 0 Å². The van der Waals surface area contributed by atoms with E-state index in [1.807, 2.05) is 25.6 Å². The fourth-order valence-electron chi connectivity index (χ4n) is 2.59. The molecule has 1 aromatic carbocycles. The molecule has 0 spiro atoms. The Balaban J connectivity index is 2.33. The number of anilines is 1. The molecule has 1 unspecified atom stereocenters. The number of benzene rings is 1. The lowest BCUT2D eigenvalue weighted by Crippen LogP contribution is -2.12. The third-order valence-electron chi connectivity index (χ3n) is 3.81. The largest absolute Gasteiger partial charge is 0.377 e. The first-order chi connectivity index (χ1) is 10.3. The van der Waals surface area contributed by atoms with Crippen LogP contribution in [0.4, 0.5) is 11.4 Å². The lowest BCUT2D eigenvalue weighted by atomic mass is 10.0. The highest BCUT2D eigenvalue weighted by Gasteiger charge is 2.20. The van der Waals surface area contributed by atoms with Gasteiger partial charge in [-0.2, -0.15) is 5.10 Å². The van der Waals surface area contributed by atoms with Gasteiger partial charge in [0, 0.05) is 30.4 Å². The zero-order chi connectivity index (χ0) is 16.4. The Morgan fingerprint density at radius 3 is 2.59 bits per heavy atom. The molecule has 118 valence electrons. The van der Waals surface area contributed by atoms with Crippen molar-refractivity contribution in [3.63, 3.8) is 0 Å². The normalized spacial score (nSPS) is 12.2. The van der Waals surface area contributed by atoms with Gasteiger partial charge in [0.25, 0.3) is 5.69 Å². The van der Waals surface area contributed by atoms with E-state index in [0.29, 0.717) is 10.7 Å².